The zero-order valence-electron chi connectivity index (χ0n) is 17.3. The lowest BCUT2D eigenvalue weighted by atomic mass is 10.0. The molecule has 1 saturated heterocycles. The van der Waals surface area contributed by atoms with Crippen LogP contribution < -0.4 is 4.74 Å². The number of aromatic nitrogens is 2. The molecule has 1 fully saturated rings. The first kappa shape index (κ1) is 20.6. The number of ether oxygens (including phenoxy) is 4. The largest absolute Gasteiger partial charge is 0.497 e. The molecule has 2 atom stereocenters. The quantitative estimate of drug-likeness (QED) is 0.510. The van der Waals surface area contributed by atoms with Gasteiger partial charge in [-0.05, 0) is 29.7 Å². The van der Waals surface area contributed by atoms with Crippen molar-refractivity contribution >= 4 is 0 Å². The standard InChI is InChI=1S/C24H28N2O4/c1-27-22-9-7-21(8-10-22)15-28-16-23-17-29-24(30-23,18-26-14-13-25-19-26)12-11-20-5-3-2-4-6-20/h2-10,13-14,19,23H,11-12,15-18H2,1H3. The summed E-state index contributed by atoms with van der Waals surface area (Å²) in [6, 6.07) is 18.3. The number of hydrogen-bond donors (Lipinski definition) is 0. The first-order chi connectivity index (χ1) is 14.7. The van der Waals surface area contributed by atoms with Crippen LogP contribution in [0.15, 0.2) is 73.3 Å². The van der Waals surface area contributed by atoms with Crippen LogP contribution in [0.2, 0.25) is 0 Å². The van der Waals surface area contributed by atoms with E-state index in [1.807, 2.05) is 41.1 Å². The van der Waals surface area contributed by atoms with Crippen LogP contribution in [0.4, 0.5) is 0 Å². The van der Waals surface area contributed by atoms with E-state index in [0.717, 1.165) is 24.2 Å². The Balaban J connectivity index is 1.33. The maximum absolute atomic E-state index is 6.40. The molecule has 0 aliphatic carbocycles. The Kier molecular flexibility index (Phi) is 6.79. The minimum absolute atomic E-state index is 0.0949. The van der Waals surface area contributed by atoms with Crippen molar-refractivity contribution in [3.8, 4) is 5.75 Å². The average Bonchev–Trinajstić information content (AvgIpc) is 3.44. The summed E-state index contributed by atoms with van der Waals surface area (Å²) in [6.07, 6.45) is 7.06. The molecule has 0 N–H and O–H groups in total. The lowest BCUT2D eigenvalue weighted by Gasteiger charge is -2.28. The van der Waals surface area contributed by atoms with Gasteiger partial charge in [0.1, 0.15) is 11.9 Å². The molecule has 6 nitrogen and oxygen atoms in total. The van der Waals surface area contributed by atoms with Crippen molar-refractivity contribution in [1.82, 2.24) is 9.55 Å². The van der Waals surface area contributed by atoms with Gasteiger partial charge >= 0.3 is 0 Å². The monoisotopic (exact) mass is 408 g/mol. The van der Waals surface area contributed by atoms with Gasteiger partial charge in [0.25, 0.3) is 0 Å². The van der Waals surface area contributed by atoms with E-state index in [-0.39, 0.29) is 6.10 Å². The second-order valence-corrected chi connectivity index (χ2v) is 7.55. The molecule has 1 aromatic heterocycles. The van der Waals surface area contributed by atoms with Gasteiger partial charge in [0.15, 0.2) is 5.79 Å². The lowest BCUT2D eigenvalue weighted by molar-refractivity contribution is -0.187. The van der Waals surface area contributed by atoms with Crippen molar-refractivity contribution in [3.63, 3.8) is 0 Å². The minimum atomic E-state index is -0.676. The molecule has 2 heterocycles. The Bertz CT molecular complexity index is 883. The molecule has 6 heteroatoms. The molecule has 0 amide bonds. The minimum Gasteiger partial charge on any atom is -0.497 e. The van der Waals surface area contributed by atoms with Crippen LogP contribution in [0.25, 0.3) is 0 Å². The Labute approximate surface area is 177 Å². The third-order valence-corrected chi connectivity index (χ3v) is 5.27. The number of imidazole rings is 1. The molecule has 0 spiro atoms. The van der Waals surface area contributed by atoms with Gasteiger partial charge in [-0.2, -0.15) is 0 Å². The molecular weight excluding hydrogens is 380 g/mol. The molecule has 1 aliphatic rings. The fourth-order valence-electron chi connectivity index (χ4n) is 3.66. The van der Waals surface area contributed by atoms with Crippen molar-refractivity contribution in [3.05, 3.63) is 84.4 Å². The topological polar surface area (TPSA) is 54.7 Å². The average molecular weight is 408 g/mol. The highest BCUT2D eigenvalue weighted by molar-refractivity contribution is 5.26. The number of benzene rings is 2. The summed E-state index contributed by atoms with van der Waals surface area (Å²) in [4.78, 5) is 4.15. The number of nitrogens with zero attached hydrogens (tertiary/aromatic N) is 2. The highest BCUT2D eigenvalue weighted by Gasteiger charge is 2.41. The Morgan fingerprint density at radius 1 is 1.10 bits per heavy atom. The van der Waals surface area contributed by atoms with Gasteiger partial charge in [0, 0.05) is 18.8 Å². The number of rotatable bonds is 10. The SMILES string of the molecule is COc1ccc(COCC2COC(CCc3ccccc3)(Cn3ccnc3)O2)cc1. The molecule has 2 unspecified atom stereocenters. The number of aryl methyl sites for hydroxylation is 1. The Hall–Kier alpha value is -2.67. The maximum Gasteiger partial charge on any atom is 0.187 e. The zero-order valence-corrected chi connectivity index (χ0v) is 17.3. The fourth-order valence-corrected chi connectivity index (χ4v) is 3.66. The summed E-state index contributed by atoms with van der Waals surface area (Å²) in [6.45, 7) is 2.15. The lowest BCUT2D eigenvalue weighted by Crippen LogP contribution is -2.37. The predicted octanol–water partition coefficient (Wildman–Crippen LogP) is 3.85. The molecule has 0 saturated carbocycles. The fraction of sp³-hybridized carbons (Fsp3) is 0.375. The number of methoxy groups -OCH3 is 1. The van der Waals surface area contributed by atoms with E-state index >= 15 is 0 Å². The maximum atomic E-state index is 6.40. The van der Waals surface area contributed by atoms with Crippen molar-refractivity contribution in [2.24, 2.45) is 0 Å². The Morgan fingerprint density at radius 3 is 2.67 bits per heavy atom. The van der Waals surface area contributed by atoms with Gasteiger partial charge < -0.3 is 23.5 Å². The molecule has 0 bridgehead atoms. The van der Waals surface area contributed by atoms with E-state index in [1.54, 1.807) is 19.6 Å². The highest BCUT2D eigenvalue weighted by Crippen LogP contribution is 2.31. The first-order valence-corrected chi connectivity index (χ1v) is 10.3. The van der Waals surface area contributed by atoms with Gasteiger partial charge in [0.05, 0.1) is 39.8 Å². The van der Waals surface area contributed by atoms with Gasteiger partial charge in [0.2, 0.25) is 0 Å². The molecular formula is C24H28N2O4. The van der Waals surface area contributed by atoms with Crippen molar-refractivity contribution in [2.45, 2.75) is 37.9 Å². The van der Waals surface area contributed by atoms with Crippen molar-refractivity contribution in [1.29, 1.82) is 0 Å². The Morgan fingerprint density at radius 2 is 1.93 bits per heavy atom. The number of hydrogen-bond acceptors (Lipinski definition) is 5. The second kappa shape index (κ2) is 9.89. The predicted molar refractivity (Wildman–Crippen MR) is 113 cm³/mol. The summed E-state index contributed by atoms with van der Waals surface area (Å²) in [5.74, 6) is 0.166. The molecule has 0 radical (unpaired) electrons. The van der Waals surface area contributed by atoms with Gasteiger partial charge in [-0.25, -0.2) is 4.98 Å². The van der Waals surface area contributed by atoms with E-state index in [2.05, 4.69) is 29.2 Å². The zero-order chi connectivity index (χ0) is 20.7. The second-order valence-electron chi connectivity index (χ2n) is 7.55. The van der Waals surface area contributed by atoms with E-state index in [9.17, 15) is 0 Å². The van der Waals surface area contributed by atoms with E-state index < -0.39 is 5.79 Å². The molecule has 4 rings (SSSR count). The molecule has 158 valence electrons. The van der Waals surface area contributed by atoms with E-state index in [1.165, 1.54) is 5.56 Å². The third kappa shape index (κ3) is 5.48. The van der Waals surface area contributed by atoms with Crippen LogP contribution in [0.1, 0.15) is 17.5 Å². The van der Waals surface area contributed by atoms with Crippen LogP contribution in [0, 0.1) is 0 Å². The normalized spacial score (nSPS) is 21.0. The summed E-state index contributed by atoms with van der Waals surface area (Å²) in [5.41, 5.74) is 2.37. The van der Waals surface area contributed by atoms with Crippen LogP contribution in [0.3, 0.4) is 0 Å². The third-order valence-electron chi connectivity index (χ3n) is 5.27. The smallest absolute Gasteiger partial charge is 0.187 e. The van der Waals surface area contributed by atoms with Gasteiger partial charge in [-0.15, -0.1) is 0 Å². The van der Waals surface area contributed by atoms with Crippen LogP contribution >= 0.6 is 0 Å². The summed E-state index contributed by atoms with van der Waals surface area (Å²) in [7, 11) is 1.66. The summed E-state index contributed by atoms with van der Waals surface area (Å²) >= 11 is 0. The van der Waals surface area contributed by atoms with Gasteiger partial charge in [-0.1, -0.05) is 42.5 Å². The molecule has 1 aliphatic heterocycles. The van der Waals surface area contributed by atoms with Crippen LogP contribution in [0.5, 0.6) is 5.75 Å². The van der Waals surface area contributed by atoms with E-state index in [0.29, 0.717) is 26.4 Å². The highest BCUT2D eigenvalue weighted by atomic mass is 16.8. The molecule has 2 aromatic carbocycles. The van der Waals surface area contributed by atoms with Crippen molar-refractivity contribution in [2.75, 3.05) is 20.3 Å². The molecule has 30 heavy (non-hydrogen) atoms. The first-order valence-electron chi connectivity index (χ1n) is 10.3. The molecule has 3 aromatic rings. The summed E-state index contributed by atoms with van der Waals surface area (Å²) < 4.78 is 25.7. The van der Waals surface area contributed by atoms with Crippen LogP contribution in [-0.4, -0.2) is 41.8 Å². The van der Waals surface area contributed by atoms with E-state index in [4.69, 9.17) is 18.9 Å². The van der Waals surface area contributed by atoms with Crippen LogP contribution in [-0.2, 0) is 33.8 Å². The van der Waals surface area contributed by atoms with Crippen molar-refractivity contribution < 1.29 is 18.9 Å². The van der Waals surface area contributed by atoms with Gasteiger partial charge in [-0.3, -0.25) is 0 Å². The summed E-state index contributed by atoms with van der Waals surface area (Å²) in [5, 5.41) is 0.